The molecule has 1 amide bonds. The molecule has 0 atom stereocenters. The number of nitrogens with zero attached hydrogens (tertiary/aromatic N) is 1. The predicted molar refractivity (Wildman–Crippen MR) is 74.1 cm³/mol. The maximum absolute atomic E-state index is 13.2. The van der Waals surface area contributed by atoms with Gasteiger partial charge in [0.25, 0.3) is 5.91 Å². The fourth-order valence-corrected chi connectivity index (χ4v) is 2.15. The van der Waals surface area contributed by atoms with Gasteiger partial charge in [-0.05, 0) is 30.2 Å². The summed E-state index contributed by atoms with van der Waals surface area (Å²) in [6.45, 7) is 1.97. The number of nitrogens with one attached hydrogen (secondary N) is 1. The van der Waals surface area contributed by atoms with Crippen LogP contribution in [0.4, 0.5) is 4.39 Å². The number of hydrogen-bond donors (Lipinski definition) is 2. The number of carbonyl (C=O) groups is 1. The molecule has 0 spiro atoms. The van der Waals surface area contributed by atoms with Crippen molar-refractivity contribution < 1.29 is 9.18 Å². The Morgan fingerprint density at radius 1 is 1.45 bits per heavy atom. The third kappa shape index (κ3) is 2.88. The highest BCUT2D eigenvalue weighted by molar-refractivity contribution is 6.30. The lowest BCUT2D eigenvalue weighted by molar-refractivity contribution is 0.0998. The van der Waals surface area contributed by atoms with E-state index in [1.165, 1.54) is 22.9 Å². The summed E-state index contributed by atoms with van der Waals surface area (Å²) in [7, 11) is 0. The second-order valence-electron chi connectivity index (χ2n) is 4.50. The van der Waals surface area contributed by atoms with Crippen molar-refractivity contribution in [1.82, 2.24) is 4.57 Å². The summed E-state index contributed by atoms with van der Waals surface area (Å²) in [6.07, 6.45) is 1.54. The van der Waals surface area contributed by atoms with E-state index in [1.807, 2.05) is 0 Å². The van der Waals surface area contributed by atoms with Gasteiger partial charge in [0.15, 0.2) is 0 Å². The summed E-state index contributed by atoms with van der Waals surface area (Å²) < 4.78 is 14.7. The number of pyridine rings is 1. The minimum absolute atomic E-state index is 0.0242. The van der Waals surface area contributed by atoms with Crippen molar-refractivity contribution in [2.45, 2.75) is 13.5 Å². The standard InChI is InChI=1S/C14H13ClFN3O/c1-8-4-9(2-3-12(8)16)6-19-7-10(15)5-11(13(19)17)14(18)20/h2-5,7,17H,6H2,1H3,(H2,18,20). The maximum atomic E-state index is 13.2. The number of rotatable bonds is 3. The van der Waals surface area contributed by atoms with Crippen LogP contribution in [0.15, 0.2) is 30.5 Å². The van der Waals surface area contributed by atoms with Crippen LogP contribution in [0.3, 0.4) is 0 Å². The summed E-state index contributed by atoms with van der Waals surface area (Å²) in [4.78, 5) is 11.3. The molecule has 0 saturated carbocycles. The van der Waals surface area contributed by atoms with E-state index in [-0.39, 0.29) is 16.9 Å². The largest absolute Gasteiger partial charge is 0.365 e. The first-order valence-electron chi connectivity index (χ1n) is 5.88. The molecule has 0 bridgehead atoms. The molecule has 0 aliphatic heterocycles. The Hall–Kier alpha value is -2.14. The van der Waals surface area contributed by atoms with Gasteiger partial charge < -0.3 is 10.3 Å². The fraction of sp³-hybridized carbons (Fsp3) is 0.143. The Morgan fingerprint density at radius 2 is 2.15 bits per heavy atom. The summed E-state index contributed by atoms with van der Waals surface area (Å²) in [5.74, 6) is -0.990. The van der Waals surface area contributed by atoms with Crippen molar-refractivity contribution in [3.63, 3.8) is 0 Å². The zero-order valence-electron chi connectivity index (χ0n) is 10.8. The summed E-state index contributed by atoms with van der Waals surface area (Å²) in [5, 5.41) is 8.26. The number of aromatic nitrogens is 1. The molecule has 20 heavy (non-hydrogen) atoms. The lowest BCUT2D eigenvalue weighted by atomic mass is 10.1. The zero-order valence-corrected chi connectivity index (χ0v) is 11.5. The summed E-state index contributed by atoms with van der Waals surface area (Å²) >= 11 is 5.92. The molecule has 0 unspecified atom stereocenters. The maximum Gasteiger partial charge on any atom is 0.252 e. The first kappa shape index (κ1) is 14.3. The minimum atomic E-state index is -0.707. The van der Waals surface area contributed by atoms with Gasteiger partial charge in [-0.1, -0.05) is 23.7 Å². The van der Waals surface area contributed by atoms with Crippen LogP contribution in [0.5, 0.6) is 0 Å². The molecule has 1 aromatic heterocycles. The average Bonchev–Trinajstić information content (AvgIpc) is 2.37. The van der Waals surface area contributed by atoms with E-state index < -0.39 is 5.91 Å². The van der Waals surface area contributed by atoms with Crippen LogP contribution < -0.4 is 11.2 Å². The molecule has 1 aromatic carbocycles. The number of benzene rings is 1. The van der Waals surface area contributed by atoms with Crippen molar-refractivity contribution in [1.29, 1.82) is 5.41 Å². The van der Waals surface area contributed by atoms with Crippen molar-refractivity contribution in [3.8, 4) is 0 Å². The number of hydrogen-bond acceptors (Lipinski definition) is 2. The lowest BCUT2D eigenvalue weighted by Gasteiger charge is -2.10. The molecule has 0 aliphatic carbocycles. The van der Waals surface area contributed by atoms with Crippen LogP contribution >= 0.6 is 11.6 Å². The van der Waals surface area contributed by atoms with Gasteiger partial charge in [-0.3, -0.25) is 10.2 Å². The summed E-state index contributed by atoms with van der Waals surface area (Å²) in [6, 6.07) is 6.04. The zero-order chi connectivity index (χ0) is 14.9. The van der Waals surface area contributed by atoms with Gasteiger partial charge in [0.05, 0.1) is 10.6 Å². The van der Waals surface area contributed by atoms with E-state index in [9.17, 15) is 9.18 Å². The van der Waals surface area contributed by atoms with Crippen LogP contribution in [-0.2, 0) is 6.54 Å². The highest BCUT2D eigenvalue weighted by Crippen LogP contribution is 2.12. The van der Waals surface area contributed by atoms with Gasteiger partial charge in [-0.2, -0.15) is 0 Å². The highest BCUT2D eigenvalue weighted by Gasteiger charge is 2.09. The Balaban J connectivity index is 2.45. The molecular weight excluding hydrogens is 281 g/mol. The molecule has 2 rings (SSSR count). The van der Waals surface area contributed by atoms with E-state index in [0.29, 0.717) is 17.1 Å². The van der Waals surface area contributed by atoms with Crippen molar-refractivity contribution in [2.24, 2.45) is 5.73 Å². The Kier molecular flexibility index (Phi) is 3.90. The third-order valence-electron chi connectivity index (χ3n) is 2.94. The molecule has 6 heteroatoms. The normalized spacial score (nSPS) is 10.6. The van der Waals surface area contributed by atoms with E-state index in [0.717, 1.165) is 5.56 Å². The first-order valence-corrected chi connectivity index (χ1v) is 6.25. The predicted octanol–water partition coefficient (Wildman–Crippen LogP) is 2.22. The second-order valence-corrected chi connectivity index (χ2v) is 4.93. The Bertz CT molecular complexity index is 740. The van der Waals surface area contributed by atoms with Gasteiger partial charge in [0, 0.05) is 12.7 Å². The van der Waals surface area contributed by atoms with Crippen LogP contribution in [0.2, 0.25) is 5.02 Å². The van der Waals surface area contributed by atoms with Gasteiger partial charge in [-0.25, -0.2) is 4.39 Å². The lowest BCUT2D eigenvalue weighted by Crippen LogP contribution is -2.29. The average molecular weight is 294 g/mol. The Labute approximate surface area is 120 Å². The molecule has 4 nitrogen and oxygen atoms in total. The number of nitrogens with two attached hydrogens (primary N) is 1. The molecule has 3 N–H and O–H groups in total. The minimum Gasteiger partial charge on any atom is -0.365 e. The summed E-state index contributed by atoms with van der Waals surface area (Å²) in [5.41, 5.74) is 6.56. The molecule has 0 saturated heterocycles. The van der Waals surface area contributed by atoms with Crippen molar-refractivity contribution in [3.05, 3.63) is 63.5 Å². The van der Waals surface area contributed by atoms with E-state index in [1.54, 1.807) is 19.1 Å². The van der Waals surface area contributed by atoms with Crippen LogP contribution in [0.1, 0.15) is 21.5 Å². The Morgan fingerprint density at radius 3 is 2.75 bits per heavy atom. The number of amides is 1. The van der Waals surface area contributed by atoms with Crippen LogP contribution in [0, 0.1) is 18.2 Å². The SMILES string of the molecule is Cc1cc(Cn2cc(Cl)cc(C(N)=O)c2=N)ccc1F. The van der Waals surface area contributed by atoms with Gasteiger partial charge >= 0.3 is 0 Å². The van der Waals surface area contributed by atoms with Gasteiger partial charge in [0.2, 0.25) is 0 Å². The van der Waals surface area contributed by atoms with Crippen LogP contribution in [-0.4, -0.2) is 10.5 Å². The second kappa shape index (κ2) is 5.46. The molecule has 104 valence electrons. The van der Waals surface area contributed by atoms with Crippen molar-refractivity contribution in [2.75, 3.05) is 0 Å². The number of halogens is 2. The molecular formula is C14H13ClFN3O. The number of carbonyl (C=O) groups excluding carboxylic acids is 1. The van der Waals surface area contributed by atoms with Gasteiger partial charge in [0.1, 0.15) is 11.3 Å². The molecule has 0 fully saturated rings. The van der Waals surface area contributed by atoms with Crippen LogP contribution in [0.25, 0.3) is 0 Å². The highest BCUT2D eigenvalue weighted by atomic mass is 35.5. The molecule has 1 heterocycles. The molecule has 0 radical (unpaired) electrons. The molecule has 0 aliphatic rings. The fourth-order valence-electron chi connectivity index (χ4n) is 1.93. The third-order valence-corrected chi connectivity index (χ3v) is 3.15. The molecule has 2 aromatic rings. The smallest absolute Gasteiger partial charge is 0.252 e. The quantitative estimate of drug-likeness (QED) is 0.895. The number of aryl methyl sites for hydroxylation is 1. The van der Waals surface area contributed by atoms with E-state index in [2.05, 4.69) is 0 Å². The topological polar surface area (TPSA) is 71.9 Å². The van der Waals surface area contributed by atoms with Crippen molar-refractivity contribution >= 4 is 17.5 Å². The first-order chi connectivity index (χ1) is 9.38. The number of primary amides is 1. The van der Waals surface area contributed by atoms with E-state index >= 15 is 0 Å². The van der Waals surface area contributed by atoms with E-state index in [4.69, 9.17) is 22.7 Å². The monoisotopic (exact) mass is 293 g/mol. The van der Waals surface area contributed by atoms with Gasteiger partial charge in [-0.15, -0.1) is 0 Å².